The molecule has 0 heterocycles. The van der Waals surface area contributed by atoms with E-state index < -0.39 is 10.7 Å². The lowest BCUT2D eigenvalue weighted by atomic mass is 10.2. The molecule has 2 rings (SSSR count). The van der Waals surface area contributed by atoms with Crippen molar-refractivity contribution in [1.29, 1.82) is 0 Å². The van der Waals surface area contributed by atoms with Gasteiger partial charge in [-0.25, -0.2) is 4.39 Å². The minimum absolute atomic E-state index is 0.0840. The van der Waals surface area contributed by atoms with Crippen molar-refractivity contribution in [2.75, 3.05) is 0 Å². The summed E-state index contributed by atoms with van der Waals surface area (Å²) in [6, 6.07) is 6.64. The Morgan fingerprint density at radius 1 is 1.24 bits per heavy atom. The second kappa shape index (κ2) is 6.50. The number of halogens is 3. The minimum Gasteiger partial charge on any atom is -0.455 e. The Kier molecular flexibility index (Phi) is 4.92. The monoisotopic (exact) mass is 418 g/mol. The molecule has 0 atom stereocenters. The summed E-state index contributed by atoms with van der Waals surface area (Å²) in [5.41, 5.74) is 5.96. The zero-order chi connectivity index (χ0) is 15.6. The standard InChI is InChI=1S/C13H9Br2FN2O3/c14-10-4-9(18(19)20)5-11(15)13(10)21-12-2-1-8(16)3-7(12)6-17/h1-5H,6,17H2. The third kappa shape index (κ3) is 3.58. The van der Waals surface area contributed by atoms with E-state index in [1.54, 1.807) is 0 Å². The number of nitro groups is 1. The van der Waals surface area contributed by atoms with Gasteiger partial charge in [0.2, 0.25) is 0 Å². The lowest BCUT2D eigenvalue weighted by Crippen LogP contribution is -2.01. The first kappa shape index (κ1) is 15.9. The Morgan fingerprint density at radius 2 is 1.86 bits per heavy atom. The third-order valence-electron chi connectivity index (χ3n) is 2.65. The normalized spacial score (nSPS) is 10.5. The van der Waals surface area contributed by atoms with Crippen LogP contribution < -0.4 is 10.5 Å². The van der Waals surface area contributed by atoms with Gasteiger partial charge < -0.3 is 10.5 Å². The Hall–Kier alpha value is -1.51. The van der Waals surface area contributed by atoms with E-state index in [1.165, 1.54) is 30.3 Å². The second-order valence-corrected chi connectivity index (χ2v) is 5.76. The summed E-state index contributed by atoms with van der Waals surface area (Å²) in [4.78, 5) is 10.3. The molecule has 2 aromatic rings. The van der Waals surface area contributed by atoms with Crippen LogP contribution in [0.5, 0.6) is 11.5 Å². The fourth-order valence-electron chi connectivity index (χ4n) is 1.67. The van der Waals surface area contributed by atoms with Gasteiger partial charge in [-0.05, 0) is 50.1 Å². The van der Waals surface area contributed by atoms with Crippen molar-refractivity contribution in [3.05, 3.63) is 60.8 Å². The van der Waals surface area contributed by atoms with Crippen molar-refractivity contribution in [3.8, 4) is 11.5 Å². The summed E-state index contributed by atoms with van der Waals surface area (Å²) in [7, 11) is 0. The Labute approximate surface area is 136 Å². The molecule has 21 heavy (non-hydrogen) atoms. The second-order valence-electron chi connectivity index (χ2n) is 4.05. The average molecular weight is 420 g/mol. The van der Waals surface area contributed by atoms with E-state index in [0.717, 1.165) is 0 Å². The number of nitro benzene ring substituents is 1. The first-order valence-electron chi connectivity index (χ1n) is 5.72. The molecule has 0 aliphatic heterocycles. The zero-order valence-electron chi connectivity index (χ0n) is 10.5. The number of non-ortho nitro benzene ring substituents is 1. The lowest BCUT2D eigenvalue weighted by Gasteiger charge is -2.13. The number of hydrogen-bond acceptors (Lipinski definition) is 4. The Balaban J connectivity index is 2.43. The topological polar surface area (TPSA) is 78.4 Å². The van der Waals surface area contributed by atoms with Gasteiger partial charge in [-0.3, -0.25) is 10.1 Å². The molecule has 5 nitrogen and oxygen atoms in total. The lowest BCUT2D eigenvalue weighted by molar-refractivity contribution is -0.385. The molecule has 0 aliphatic carbocycles. The van der Waals surface area contributed by atoms with Crippen LogP contribution in [0, 0.1) is 15.9 Å². The molecule has 0 fully saturated rings. The number of nitrogens with zero attached hydrogens (tertiary/aromatic N) is 1. The van der Waals surface area contributed by atoms with Crippen LogP contribution in [0.1, 0.15) is 5.56 Å². The van der Waals surface area contributed by atoms with Gasteiger partial charge in [0.05, 0.1) is 13.9 Å². The summed E-state index contributed by atoms with van der Waals surface area (Å²) in [5.74, 6) is 0.320. The highest BCUT2D eigenvalue weighted by atomic mass is 79.9. The number of rotatable bonds is 4. The predicted molar refractivity (Wildman–Crippen MR) is 82.9 cm³/mol. The summed E-state index contributed by atoms with van der Waals surface area (Å²) < 4.78 is 19.7. The van der Waals surface area contributed by atoms with Crippen LogP contribution in [0.4, 0.5) is 10.1 Å². The molecule has 0 aromatic heterocycles. The number of hydrogen-bond donors (Lipinski definition) is 1. The van der Waals surface area contributed by atoms with E-state index in [2.05, 4.69) is 31.9 Å². The molecule has 0 amide bonds. The zero-order valence-corrected chi connectivity index (χ0v) is 13.6. The van der Waals surface area contributed by atoms with Gasteiger partial charge in [0.1, 0.15) is 11.6 Å². The van der Waals surface area contributed by atoms with Crippen molar-refractivity contribution in [2.24, 2.45) is 5.73 Å². The SMILES string of the molecule is NCc1cc(F)ccc1Oc1c(Br)cc([N+](=O)[O-])cc1Br. The van der Waals surface area contributed by atoms with Crippen LogP contribution in [-0.2, 0) is 6.54 Å². The van der Waals surface area contributed by atoms with E-state index >= 15 is 0 Å². The van der Waals surface area contributed by atoms with Gasteiger partial charge in [0.25, 0.3) is 5.69 Å². The molecule has 0 saturated heterocycles. The number of benzene rings is 2. The van der Waals surface area contributed by atoms with Crippen LogP contribution >= 0.6 is 31.9 Å². The first-order valence-corrected chi connectivity index (χ1v) is 7.30. The molecule has 0 saturated carbocycles. The maximum Gasteiger partial charge on any atom is 0.271 e. The maximum absolute atomic E-state index is 13.2. The average Bonchev–Trinajstić information content (AvgIpc) is 2.43. The van der Waals surface area contributed by atoms with Gasteiger partial charge in [-0.2, -0.15) is 0 Å². The van der Waals surface area contributed by atoms with E-state index in [4.69, 9.17) is 10.5 Å². The molecule has 0 spiro atoms. The fraction of sp³-hybridized carbons (Fsp3) is 0.0769. The first-order chi connectivity index (χ1) is 9.92. The molecule has 2 N–H and O–H groups in total. The molecule has 0 radical (unpaired) electrons. The van der Waals surface area contributed by atoms with Crippen molar-refractivity contribution in [3.63, 3.8) is 0 Å². The van der Waals surface area contributed by atoms with Crippen LogP contribution in [0.15, 0.2) is 39.3 Å². The fourth-order valence-corrected chi connectivity index (χ4v) is 2.99. The highest BCUT2D eigenvalue weighted by Crippen LogP contribution is 2.40. The highest BCUT2D eigenvalue weighted by Gasteiger charge is 2.17. The Bertz CT molecular complexity index is 687. The summed E-state index contributed by atoms with van der Waals surface area (Å²) >= 11 is 6.44. The molecule has 2 aromatic carbocycles. The van der Waals surface area contributed by atoms with E-state index in [9.17, 15) is 14.5 Å². The number of ether oxygens (including phenoxy) is 1. The van der Waals surface area contributed by atoms with Gasteiger partial charge in [0.15, 0.2) is 5.75 Å². The smallest absolute Gasteiger partial charge is 0.271 e. The molecule has 8 heteroatoms. The van der Waals surface area contributed by atoms with Crippen molar-refractivity contribution in [1.82, 2.24) is 0 Å². The van der Waals surface area contributed by atoms with Crippen LogP contribution in [-0.4, -0.2) is 4.92 Å². The van der Waals surface area contributed by atoms with Crippen LogP contribution in [0.3, 0.4) is 0 Å². The molecule has 110 valence electrons. The Morgan fingerprint density at radius 3 is 2.38 bits per heavy atom. The van der Waals surface area contributed by atoms with E-state index in [1.807, 2.05) is 0 Å². The molecule has 0 aliphatic rings. The van der Waals surface area contributed by atoms with Crippen LogP contribution in [0.25, 0.3) is 0 Å². The van der Waals surface area contributed by atoms with E-state index in [-0.39, 0.29) is 12.2 Å². The van der Waals surface area contributed by atoms with E-state index in [0.29, 0.717) is 26.0 Å². The van der Waals surface area contributed by atoms with Crippen molar-refractivity contribution < 1.29 is 14.1 Å². The summed E-state index contributed by atoms with van der Waals surface area (Å²) in [6.07, 6.45) is 0. The predicted octanol–water partition coefficient (Wildman–Crippen LogP) is 4.51. The molecule has 0 bridgehead atoms. The quantitative estimate of drug-likeness (QED) is 0.584. The summed E-state index contributed by atoms with van der Waals surface area (Å²) in [5, 5.41) is 10.8. The van der Waals surface area contributed by atoms with Crippen molar-refractivity contribution in [2.45, 2.75) is 6.54 Å². The number of nitrogens with two attached hydrogens (primary N) is 1. The van der Waals surface area contributed by atoms with Crippen molar-refractivity contribution >= 4 is 37.5 Å². The van der Waals surface area contributed by atoms with Crippen LogP contribution in [0.2, 0.25) is 0 Å². The maximum atomic E-state index is 13.2. The molecular formula is C13H9Br2FN2O3. The minimum atomic E-state index is -0.511. The third-order valence-corrected chi connectivity index (χ3v) is 3.83. The molecular weight excluding hydrogens is 411 g/mol. The largest absolute Gasteiger partial charge is 0.455 e. The van der Waals surface area contributed by atoms with Gasteiger partial charge in [-0.15, -0.1) is 0 Å². The summed E-state index contributed by atoms with van der Waals surface area (Å²) in [6.45, 7) is 0.106. The molecule has 0 unspecified atom stereocenters. The van der Waals surface area contributed by atoms with Gasteiger partial charge in [0, 0.05) is 24.2 Å². The van der Waals surface area contributed by atoms with Gasteiger partial charge >= 0.3 is 0 Å². The highest BCUT2D eigenvalue weighted by molar-refractivity contribution is 9.11. The van der Waals surface area contributed by atoms with Gasteiger partial charge in [-0.1, -0.05) is 0 Å².